The summed E-state index contributed by atoms with van der Waals surface area (Å²) in [7, 11) is 5.41. The fourth-order valence-corrected chi connectivity index (χ4v) is 3.24. The molecular weight excluding hydrogens is 344 g/mol. The minimum Gasteiger partial charge on any atom is -0.359 e. The van der Waals surface area contributed by atoms with E-state index in [4.69, 9.17) is 4.52 Å². The molecule has 2 N–H and O–H groups in total. The van der Waals surface area contributed by atoms with Gasteiger partial charge in [0.25, 0.3) is 0 Å². The maximum Gasteiger partial charge on any atom is 0.239 e. The van der Waals surface area contributed by atoms with Gasteiger partial charge in [-0.05, 0) is 31.7 Å². The standard InChI is InChI=1S/C19H34N6O2/c1-14(2)16-12-15(27-23-16)13-22-19(20-3)21-9-7-11-25-10-6-8-17(25)18(26)24(4)5/h12,14,17H,6-11,13H2,1-5H3,(H2,20,21,22). The first-order valence-electron chi connectivity index (χ1n) is 9.77. The van der Waals surface area contributed by atoms with Gasteiger partial charge in [0.15, 0.2) is 11.7 Å². The van der Waals surface area contributed by atoms with Crippen LogP contribution in [0.25, 0.3) is 0 Å². The number of amides is 1. The molecule has 27 heavy (non-hydrogen) atoms. The second-order valence-corrected chi connectivity index (χ2v) is 7.51. The third-order valence-electron chi connectivity index (χ3n) is 4.83. The number of aromatic nitrogens is 1. The van der Waals surface area contributed by atoms with Crippen molar-refractivity contribution < 1.29 is 9.32 Å². The minimum absolute atomic E-state index is 0.0408. The van der Waals surface area contributed by atoms with Gasteiger partial charge in [0.05, 0.1) is 18.3 Å². The zero-order valence-corrected chi connectivity index (χ0v) is 17.3. The zero-order valence-electron chi connectivity index (χ0n) is 17.3. The molecule has 1 atom stereocenters. The molecule has 0 bridgehead atoms. The van der Waals surface area contributed by atoms with Crippen molar-refractivity contribution in [3.8, 4) is 0 Å². The van der Waals surface area contributed by atoms with E-state index in [1.54, 1.807) is 11.9 Å². The molecule has 1 saturated heterocycles. The highest BCUT2D eigenvalue weighted by atomic mass is 16.5. The lowest BCUT2D eigenvalue weighted by atomic mass is 10.1. The number of guanidine groups is 1. The summed E-state index contributed by atoms with van der Waals surface area (Å²) in [5.74, 6) is 2.10. The van der Waals surface area contributed by atoms with Gasteiger partial charge in [-0.2, -0.15) is 0 Å². The molecule has 8 heteroatoms. The van der Waals surface area contributed by atoms with Crippen LogP contribution in [0.4, 0.5) is 0 Å². The van der Waals surface area contributed by atoms with E-state index in [1.165, 1.54) is 0 Å². The van der Waals surface area contributed by atoms with Crippen molar-refractivity contribution in [3.05, 3.63) is 17.5 Å². The molecule has 1 aliphatic heterocycles. The van der Waals surface area contributed by atoms with Crippen LogP contribution in [0.2, 0.25) is 0 Å². The Balaban J connectivity index is 1.69. The lowest BCUT2D eigenvalue weighted by Gasteiger charge is -2.26. The molecule has 1 aliphatic rings. The van der Waals surface area contributed by atoms with Crippen LogP contribution >= 0.6 is 0 Å². The van der Waals surface area contributed by atoms with Crippen LogP contribution in [0.5, 0.6) is 0 Å². The number of likely N-dealkylation sites (N-methyl/N-ethyl adjacent to an activating group) is 1. The second-order valence-electron chi connectivity index (χ2n) is 7.51. The van der Waals surface area contributed by atoms with E-state index in [9.17, 15) is 4.79 Å². The SMILES string of the molecule is CN=C(NCCCN1CCCC1C(=O)N(C)C)NCc1cc(C(C)C)no1. The minimum atomic E-state index is 0.0408. The smallest absolute Gasteiger partial charge is 0.239 e. The van der Waals surface area contributed by atoms with E-state index in [1.807, 2.05) is 20.2 Å². The molecule has 8 nitrogen and oxygen atoms in total. The van der Waals surface area contributed by atoms with Gasteiger partial charge < -0.3 is 20.1 Å². The van der Waals surface area contributed by atoms with Crippen molar-refractivity contribution in [2.24, 2.45) is 4.99 Å². The van der Waals surface area contributed by atoms with E-state index in [0.29, 0.717) is 12.5 Å². The maximum atomic E-state index is 12.2. The summed E-state index contributed by atoms with van der Waals surface area (Å²) in [4.78, 5) is 20.5. The number of carbonyl (C=O) groups excluding carboxylic acids is 1. The number of carbonyl (C=O) groups is 1. The Hall–Kier alpha value is -2.09. The number of nitrogens with zero attached hydrogens (tertiary/aromatic N) is 4. The molecule has 2 heterocycles. The van der Waals surface area contributed by atoms with E-state index in [-0.39, 0.29) is 11.9 Å². The predicted octanol–water partition coefficient (Wildman–Crippen LogP) is 1.41. The third kappa shape index (κ3) is 6.23. The van der Waals surface area contributed by atoms with Gasteiger partial charge in [0, 0.05) is 40.3 Å². The van der Waals surface area contributed by atoms with Crippen molar-refractivity contribution in [2.75, 3.05) is 40.8 Å². The number of aliphatic imine (C=N–C) groups is 1. The molecular formula is C19H34N6O2. The van der Waals surface area contributed by atoms with Crippen molar-refractivity contribution in [1.29, 1.82) is 0 Å². The molecule has 152 valence electrons. The van der Waals surface area contributed by atoms with Crippen molar-refractivity contribution in [1.82, 2.24) is 25.6 Å². The van der Waals surface area contributed by atoms with Crippen LogP contribution in [-0.2, 0) is 11.3 Å². The summed E-state index contributed by atoms with van der Waals surface area (Å²) in [6.45, 7) is 7.44. The molecule has 0 aliphatic carbocycles. The number of rotatable bonds is 8. The number of nitrogens with one attached hydrogen (secondary N) is 2. The third-order valence-corrected chi connectivity index (χ3v) is 4.83. The number of hydrogen-bond donors (Lipinski definition) is 2. The summed E-state index contributed by atoms with van der Waals surface area (Å²) in [6, 6.07) is 2.01. The van der Waals surface area contributed by atoms with Crippen molar-refractivity contribution >= 4 is 11.9 Å². The van der Waals surface area contributed by atoms with E-state index in [0.717, 1.165) is 56.3 Å². The zero-order chi connectivity index (χ0) is 19.8. The first kappa shape index (κ1) is 21.2. The quantitative estimate of drug-likeness (QED) is 0.404. The first-order valence-corrected chi connectivity index (χ1v) is 9.77. The summed E-state index contributed by atoms with van der Waals surface area (Å²) in [6.07, 6.45) is 3.01. The second kappa shape index (κ2) is 10.3. The van der Waals surface area contributed by atoms with Gasteiger partial charge >= 0.3 is 0 Å². The van der Waals surface area contributed by atoms with Gasteiger partial charge in [0.2, 0.25) is 5.91 Å². The lowest BCUT2D eigenvalue weighted by Crippen LogP contribution is -2.44. The Kier molecular flexibility index (Phi) is 8.09. The van der Waals surface area contributed by atoms with Crippen molar-refractivity contribution in [3.63, 3.8) is 0 Å². The van der Waals surface area contributed by atoms with E-state index < -0.39 is 0 Å². The first-order chi connectivity index (χ1) is 12.9. The van der Waals surface area contributed by atoms with Gasteiger partial charge in [-0.15, -0.1) is 0 Å². The van der Waals surface area contributed by atoms with E-state index in [2.05, 4.69) is 39.5 Å². The Morgan fingerprint density at radius 1 is 1.44 bits per heavy atom. The van der Waals surface area contributed by atoms with Crippen molar-refractivity contribution in [2.45, 2.75) is 51.6 Å². The molecule has 1 amide bonds. The summed E-state index contributed by atoms with van der Waals surface area (Å²) in [5.41, 5.74) is 0.960. The largest absolute Gasteiger partial charge is 0.359 e. The summed E-state index contributed by atoms with van der Waals surface area (Å²) in [5, 5.41) is 10.6. The molecule has 1 fully saturated rings. The van der Waals surface area contributed by atoms with Crippen LogP contribution < -0.4 is 10.6 Å². The van der Waals surface area contributed by atoms with Crippen LogP contribution in [0.1, 0.15) is 50.5 Å². The summed E-state index contributed by atoms with van der Waals surface area (Å²) < 4.78 is 5.33. The molecule has 1 aromatic heterocycles. The molecule has 0 aromatic carbocycles. The monoisotopic (exact) mass is 378 g/mol. The number of hydrogen-bond acceptors (Lipinski definition) is 5. The number of likely N-dealkylation sites (tertiary alicyclic amines) is 1. The topological polar surface area (TPSA) is 86.0 Å². The van der Waals surface area contributed by atoms with Gasteiger partial charge in [-0.1, -0.05) is 19.0 Å². The normalized spacial score (nSPS) is 18.1. The van der Waals surface area contributed by atoms with Gasteiger partial charge in [0.1, 0.15) is 0 Å². The fourth-order valence-electron chi connectivity index (χ4n) is 3.24. The molecule has 1 aromatic rings. The van der Waals surface area contributed by atoms with Crippen LogP contribution in [0.3, 0.4) is 0 Å². The van der Waals surface area contributed by atoms with Gasteiger partial charge in [-0.25, -0.2) is 0 Å². The molecule has 0 spiro atoms. The average molecular weight is 379 g/mol. The highest BCUT2D eigenvalue weighted by Gasteiger charge is 2.30. The van der Waals surface area contributed by atoms with Crippen LogP contribution in [0.15, 0.2) is 15.6 Å². The molecule has 0 radical (unpaired) electrons. The Bertz CT molecular complexity index is 625. The highest BCUT2D eigenvalue weighted by molar-refractivity contribution is 5.81. The van der Waals surface area contributed by atoms with Crippen LogP contribution in [0, 0.1) is 0 Å². The Morgan fingerprint density at radius 3 is 2.85 bits per heavy atom. The fraction of sp³-hybridized carbons (Fsp3) is 0.737. The molecule has 1 unspecified atom stereocenters. The Morgan fingerprint density at radius 2 is 2.22 bits per heavy atom. The predicted molar refractivity (Wildman–Crippen MR) is 107 cm³/mol. The van der Waals surface area contributed by atoms with Crippen LogP contribution in [-0.4, -0.2) is 73.6 Å². The highest BCUT2D eigenvalue weighted by Crippen LogP contribution is 2.18. The lowest BCUT2D eigenvalue weighted by molar-refractivity contribution is -0.133. The molecule has 0 saturated carbocycles. The maximum absolute atomic E-state index is 12.2. The Labute approximate surface area is 162 Å². The average Bonchev–Trinajstić information content (AvgIpc) is 3.29. The van der Waals surface area contributed by atoms with E-state index >= 15 is 0 Å². The molecule has 2 rings (SSSR count). The van der Waals surface area contributed by atoms with Gasteiger partial charge in [-0.3, -0.25) is 14.7 Å². The summed E-state index contributed by atoms with van der Waals surface area (Å²) >= 11 is 0.